The molecule has 1 aliphatic rings. The third-order valence-corrected chi connectivity index (χ3v) is 3.06. The minimum Gasteiger partial charge on any atom is -0.481 e. The molecule has 1 heterocycles. The number of amides is 2. The largest absolute Gasteiger partial charge is 0.481 e. The molecule has 0 bridgehead atoms. The van der Waals surface area contributed by atoms with Gasteiger partial charge in [0, 0.05) is 32.2 Å². The van der Waals surface area contributed by atoms with Crippen molar-refractivity contribution in [2.24, 2.45) is 5.73 Å². The maximum atomic E-state index is 12.1. The van der Waals surface area contributed by atoms with Crippen LogP contribution < -0.4 is 5.73 Å². The van der Waals surface area contributed by atoms with E-state index in [0.29, 0.717) is 19.6 Å². The Hall–Kier alpha value is -1.30. The zero-order valence-corrected chi connectivity index (χ0v) is 10.3. The van der Waals surface area contributed by atoms with Gasteiger partial charge in [-0.25, -0.2) is 4.79 Å². The van der Waals surface area contributed by atoms with Gasteiger partial charge >= 0.3 is 12.0 Å². The van der Waals surface area contributed by atoms with Crippen molar-refractivity contribution in [2.45, 2.75) is 32.2 Å². The third-order valence-electron chi connectivity index (χ3n) is 3.06. The molecule has 0 spiro atoms. The summed E-state index contributed by atoms with van der Waals surface area (Å²) < 4.78 is 0. The number of carbonyl (C=O) groups is 2. The first-order chi connectivity index (χ1) is 8.04. The number of aliphatic carboxylic acids is 1. The molecule has 0 unspecified atom stereocenters. The minimum atomic E-state index is -0.878. The Balaban J connectivity index is 2.45. The summed E-state index contributed by atoms with van der Waals surface area (Å²) in [5.41, 5.74) is 5.77. The summed E-state index contributed by atoms with van der Waals surface area (Å²) in [5.74, 6) is -0.878. The van der Waals surface area contributed by atoms with Gasteiger partial charge in [0.15, 0.2) is 0 Å². The summed E-state index contributed by atoms with van der Waals surface area (Å²) in [5, 5.41) is 8.62. The zero-order valence-electron chi connectivity index (χ0n) is 10.3. The van der Waals surface area contributed by atoms with E-state index in [1.54, 1.807) is 9.80 Å². The molecule has 0 aromatic carbocycles. The predicted molar refractivity (Wildman–Crippen MR) is 63.7 cm³/mol. The predicted octanol–water partition coefficient (Wildman–Crippen LogP) is 0.326. The maximum absolute atomic E-state index is 12.1. The molecule has 0 aromatic heterocycles. The van der Waals surface area contributed by atoms with Crippen molar-refractivity contribution in [3.05, 3.63) is 0 Å². The third kappa shape index (κ3) is 4.22. The molecule has 1 aliphatic heterocycles. The van der Waals surface area contributed by atoms with Crippen molar-refractivity contribution in [3.63, 3.8) is 0 Å². The molecular weight excluding hydrogens is 222 g/mol. The van der Waals surface area contributed by atoms with Crippen molar-refractivity contribution in [3.8, 4) is 0 Å². The number of carboxylic acid groups (broad SMARTS) is 1. The zero-order chi connectivity index (χ0) is 12.8. The van der Waals surface area contributed by atoms with E-state index in [4.69, 9.17) is 10.8 Å². The number of carboxylic acids is 1. The second-order valence-corrected chi connectivity index (χ2v) is 4.33. The Bertz CT molecular complexity index is 275. The molecule has 0 radical (unpaired) electrons. The maximum Gasteiger partial charge on any atom is 0.320 e. The lowest BCUT2D eigenvalue weighted by atomic mass is 10.1. The van der Waals surface area contributed by atoms with E-state index >= 15 is 0 Å². The highest BCUT2D eigenvalue weighted by Gasteiger charge is 2.24. The van der Waals surface area contributed by atoms with Crippen LogP contribution in [0.1, 0.15) is 26.2 Å². The van der Waals surface area contributed by atoms with Crippen LogP contribution in [0.15, 0.2) is 0 Å². The summed E-state index contributed by atoms with van der Waals surface area (Å²) in [7, 11) is 0. The van der Waals surface area contributed by atoms with Gasteiger partial charge in [0.05, 0.1) is 6.42 Å². The van der Waals surface area contributed by atoms with Crippen LogP contribution in [-0.2, 0) is 4.79 Å². The molecule has 0 saturated carbocycles. The van der Waals surface area contributed by atoms with Crippen LogP contribution in [-0.4, -0.2) is 59.1 Å². The molecule has 0 aliphatic carbocycles. The van der Waals surface area contributed by atoms with Gasteiger partial charge in [0.2, 0.25) is 0 Å². The van der Waals surface area contributed by atoms with Crippen LogP contribution in [0.5, 0.6) is 0 Å². The summed E-state index contributed by atoms with van der Waals surface area (Å²) >= 11 is 0. The average molecular weight is 243 g/mol. The Morgan fingerprint density at radius 1 is 1.41 bits per heavy atom. The van der Waals surface area contributed by atoms with Gasteiger partial charge in [-0.3, -0.25) is 4.79 Å². The lowest BCUT2D eigenvalue weighted by molar-refractivity contribution is -0.137. The molecule has 1 rings (SSSR count). The number of rotatable bonds is 4. The topological polar surface area (TPSA) is 86.9 Å². The first-order valence-electron chi connectivity index (χ1n) is 6.05. The SMILES string of the molecule is CCN(CCC(=O)O)C(=O)N1CCC(N)CC1. The van der Waals surface area contributed by atoms with Gasteiger partial charge in [0.1, 0.15) is 0 Å². The van der Waals surface area contributed by atoms with Crippen molar-refractivity contribution in [2.75, 3.05) is 26.2 Å². The molecule has 1 fully saturated rings. The number of nitrogens with two attached hydrogens (primary N) is 1. The van der Waals surface area contributed by atoms with Crippen molar-refractivity contribution < 1.29 is 14.7 Å². The lowest BCUT2D eigenvalue weighted by Gasteiger charge is -2.34. The van der Waals surface area contributed by atoms with Crippen molar-refractivity contribution in [1.29, 1.82) is 0 Å². The Morgan fingerprint density at radius 2 is 2.00 bits per heavy atom. The van der Waals surface area contributed by atoms with Crippen LogP contribution in [0.25, 0.3) is 0 Å². The smallest absolute Gasteiger partial charge is 0.320 e. The van der Waals surface area contributed by atoms with Gasteiger partial charge in [-0.05, 0) is 19.8 Å². The summed E-state index contributed by atoms with van der Waals surface area (Å²) in [4.78, 5) is 25.9. The van der Waals surface area contributed by atoms with Crippen LogP contribution in [0.3, 0.4) is 0 Å². The van der Waals surface area contributed by atoms with E-state index in [1.807, 2.05) is 6.92 Å². The van der Waals surface area contributed by atoms with Crippen LogP contribution in [0.2, 0.25) is 0 Å². The standard InChI is InChI=1S/C11H21N3O3/c1-2-13(8-5-10(15)16)11(17)14-6-3-9(12)4-7-14/h9H,2-8,12H2,1H3,(H,15,16). The van der Waals surface area contributed by atoms with E-state index < -0.39 is 5.97 Å². The Labute approximate surface area is 101 Å². The van der Waals surface area contributed by atoms with Gasteiger partial charge in [-0.15, -0.1) is 0 Å². The van der Waals surface area contributed by atoms with Crippen LogP contribution in [0.4, 0.5) is 4.79 Å². The summed E-state index contributed by atoms with van der Waals surface area (Å²) in [6, 6.07) is 0.119. The number of hydrogen-bond acceptors (Lipinski definition) is 3. The fourth-order valence-corrected chi connectivity index (χ4v) is 1.91. The van der Waals surface area contributed by atoms with Crippen molar-refractivity contribution in [1.82, 2.24) is 9.80 Å². The molecule has 6 nitrogen and oxygen atoms in total. The number of hydrogen-bond donors (Lipinski definition) is 2. The highest BCUT2D eigenvalue weighted by Crippen LogP contribution is 2.11. The number of piperidine rings is 1. The fraction of sp³-hybridized carbons (Fsp3) is 0.818. The van der Waals surface area contributed by atoms with Gasteiger partial charge < -0.3 is 20.6 Å². The second-order valence-electron chi connectivity index (χ2n) is 4.33. The number of carbonyl (C=O) groups excluding carboxylic acids is 1. The highest BCUT2D eigenvalue weighted by atomic mass is 16.4. The first-order valence-corrected chi connectivity index (χ1v) is 6.05. The molecule has 17 heavy (non-hydrogen) atoms. The molecule has 1 saturated heterocycles. The van der Waals surface area contributed by atoms with E-state index in [9.17, 15) is 9.59 Å². The van der Waals surface area contributed by atoms with Gasteiger partial charge in [0.25, 0.3) is 0 Å². The van der Waals surface area contributed by atoms with Crippen LogP contribution in [0, 0.1) is 0 Å². The Morgan fingerprint density at radius 3 is 2.47 bits per heavy atom. The summed E-state index contributed by atoms with van der Waals surface area (Å²) in [6.07, 6.45) is 1.64. The lowest BCUT2D eigenvalue weighted by Crippen LogP contribution is -2.49. The molecule has 2 amide bonds. The molecule has 0 atom stereocenters. The average Bonchev–Trinajstić information content (AvgIpc) is 2.30. The number of likely N-dealkylation sites (tertiary alicyclic amines) is 1. The molecular formula is C11H21N3O3. The molecule has 98 valence electrons. The first kappa shape index (κ1) is 13.8. The van der Waals surface area contributed by atoms with Crippen molar-refractivity contribution >= 4 is 12.0 Å². The number of urea groups is 1. The van der Waals surface area contributed by atoms with Gasteiger partial charge in [-0.1, -0.05) is 0 Å². The minimum absolute atomic E-state index is 0.00701. The highest BCUT2D eigenvalue weighted by molar-refractivity contribution is 5.75. The molecule has 3 N–H and O–H groups in total. The monoisotopic (exact) mass is 243 g/mol. The molecule has 0 aromatic rings. The second kappa shape index (κ2) is 6.44. The normalized spacial score (nSPS) is 16.9. The Kier molecular flexibility index (Phi) is 5.21. The van der Waals surface area contributed by atoms with E-state index in [2.05, 4.69) is 0 Å². The quantitative estimate of drug-likeness (QED) is 0.744. The van der Waals surface area contributed by atoms with E-state index in [-0.39, 0.29) is 25.0 Å². The van der Waals surface area contributed by atoms with E-state index in [0.717, 1.165) is 12.8 Å². The summed E-state index contributed by atoms with van der Waals surface area (Å²) in [6.45, 7) is 4.00. The van der Waals surface area contributed by atoms with E-state index in [1.165, 1.54) is 0 Å². The number of nitrogens with zero attached hydrogens (tertiary/aromatic N) is 2. The fourth-order valence-electron chi connectivity index (χ4n) is 1.91. The van der Waals surface area contributed by atoms with Gasteiger partial charge in [-0.2, -0.15) is 0 Å². The van der Waals surface area contributed by atoms with Crippen LogP contribution >= 0.6 is 0 Å². The molecule has 6 heteroatoms.